The highest BCUT2D eigenvalue weighted by molar-refractivity contribution is 7.10. The van der Waals surface area contributed by atoms with E-state index in [0.29, 0.717) is 6.54 Å². The van der Waals surface area contributed by atoms with Crippen LogP contribution in [-0.4, -0.2) is 47.7 Å². The highest BCUT2D eigenvalue weighted by Crippen LogP contribution is 2.19. The second kappa shape index (κ2) is 7.48. The number of carbonyl (C=O) groups excluding carboxylic acids is 1. The van der Waals surface area contributed by atoms with Gasteiger partial charge in [-0.25, -0.2) is 4.79 Å². The molecule has 1 aliphatic rings. The summed E-state index contributed by atoms with van der Waals surface area (Å²) in [6.45, 7) is 4.44. The standard InChI is InChI=1S/C16H22N2O2S/c1-13-5-7-18(8-6-13)16(20)17(2)11-14-10-15(21-12-14)4-3-9-19/h10,12-13,19H,5-9,11H2,1-2H3. The van der Waals surface area contributed by atoms with E-state index in [1.54, 1.807) is 16.2 Å². The number of nitrogens with zero attached hydrogens (tertiary/aromatic N) is 2. The van der Waals surface area contributed by atoms with Crippen LogP contribution in [0.25, 0.3) is 0 Å². The molecule has 114 valence electrons. The molecule has 1 saturated heterocycles. The number of likely N-dealkylation sites (tertiary alicyclic amines) is 1. The number of urea groups is 1. The highest BCUT2D eigenvalue weighted by Gasteiger charge is 2.22. The van der Waals surface area contributed by atoms with Gasteiger partial charge in [-0.15, -0.1) is 11.3 Å². The van der Waals surface area contributed by atoms with Gasteiger partial charge in [0.25, 0.3) is 0 Å². The van der Waals surface area contributed by atoms with Crippen LogP contribution in [0.3, 0.4) is 0 Å². The summed E-state index contributed by atoms with van der Waals surface area (Å²) >= 11 is 1.54. The average molecular weight is 306 g/mol. The van der Waals surface area contributed by atoms with Crippen molar-refractivity contribution >= 4 is 17.4 Å². The number of amides is 2. The number of aliphatic hydroxyl groups excluding tert-OH is 1. The maximum atomic E-state index is 12.4. The van der Waals surface area contributed by atoms with Gasteiger partial charge in [0.2, 0.25) is 0 Å². The summed E-state index contributed by atoms with van der Waals surface area (Å²) < 4.78 is 0. The second-order valence-corrected chi connectivity index (χ2v) is 6.50. The number of aliphatic hydroxyl groups is 1. The lowest BCUT2D eigenvalue weighted by atomic mass is 10.00. The number of thiophene rings is 1. The molecule has 1 aliphatic heterocycles. The van der Waals surface area contributed by atoms with Crippen LogP contribution in [0, 0.1) is 17.8 Å². The summed E-state index contributed by atoms with van der Waals surface area (Å²) in [5, 5.41) is 10.7. The molecule has 5 heteroatoms. The fraction of sp³-hybridized carbons (Fsp3) is 0.562. The van der Waals surface area contributed by atoms with Crippen LogP contribution in [0.4, 0.5) is 4.79 Å². The molecule has 1 aromatic rings. The Morgan fingerprint density at radius 2 is 2.24 bits per heavy atom. The smallest absolute Gasteiger partial charge is 0.320 e. The lowest BCUT2D eigenvalue weighted by Crippen LogP contribution is -2.44. The van der Waals surface area contributed by atoms with Crippen molar-refractivity contribution < 1.29 is 9.90 Å². The Morgan fingerprint density at radius 3 is 2.90 bits per heavy atom. The lowest BCUT2D eigenvalue weighted by Gasteiger charge is -2.33. The minimum Gasteiger partial charge on any atom is -0.384 e. The summed E-state index contributed by atoms with van der Waals surface area (Å²) in [5.74, 6) is 6.25. The highest BCUT2D eigenvalue weighted by atomic mass is 32.1. The van der Waals surface area contributed by atoms with Gasteiger partial charge in [-0.3, -0.25) is 0 Å². The van der Waals surface area contributed by atoms with Crippen LogP contribution >= 0.6 is 11.3 Å². The van der Waals surface area contributed by atoms with Crippen LogP contribution in [0.2, 0.25) is 0 Å². The minimum atomic E-state index is -0.126. The van der Waals surface area contributed by atoms with E-state index < -0.39 is 0 Å². The van der Waals surface area contributed by atoms with E-state index in [1.807, 2.05) is 23.4 Å². The average Bonchev–Trinajstić information content (AvgIpc) is 2.92. The molecule has 0 bridgehead atoms. The molecule has 2 amide bonds. The van der Waals surface area contributed by atoms with E-state index in [9.17, 15) is 4.79 Å². The van der Waals surface area contributed by atoms with Crippen molar-refractivity contribution in [3.05, 3.63) is 21.9 Å². The van der Waals surface area contributed by atoms with Crippen LogP contribution in [-0.2, 0) is 6.54 Å². The molecule has 1 N–H and O–H groups in total. The third-order valence-corrected chi connectivity index (χ3v) is 4.64. The molecule has 1 aromatic heterocycles. The molecule has 1 fully saturated rings. The fourth-order valence-corrected chi connectivity index (χ4v) is 3.20. The van der Waals surface area contributed by atoms with E-state index in [-0.39, 0.29) is 12.6 Å². The Labute approximate surface area is 130 Å². The summed E-state index contributed by atoms with van der Waals surface area (Å²) in [6, 6.07) is 2.09. The third-order valence-electron chi connectivity index (χ3n) is 3.74. The molecule has 0 spiro atoms. The molecular formula is C16H22N2O2S. The molecule has 4 nitrogen and oxygen atoms in total. The number of hydrogen-bond donors (Lipinski definition) is 1. The molecule has 0 radical (unpaired) electrons. The molecular weight excluding hydrogens is 284 g/mol. The van der Waals surface area contributed by atoms with Crippen molar-refractivity contribution in [3.63, 3.8) is 0 Å². The Balaban J connectivity index is 1.89. The Hall–Kier alpha value is -1.51. The van der Waals surface area contributed by atoms with Gasteiger partial charge in [-0.1, -0.05) is 18.8 Å². The molecule has 2 rings (SSSR count). The maximum Gasteiger partial charge on any atom is 0.320 e. The number of carbonyl (C=O) groups is 1. The van der Waals surface area contributed by atoms with Gasteiger partial charge in [-0.2, -0.15) is 0 Å². The van der Waals surface area contributed by atoms with E-state index in [0.717, 1.165) is 42.3 Å². The van der Waals surface area contributed by atoms with Gasteiger partial charge in [0.05, 0.1) is 4.88 Å². The number of rotatable bonds is 2. The third kappa shape index (κ3) is 4.48. The second-order valence-electron chi connectivity index (χ2n) is 5.59. The molecule has 2 heterocycles. The summed E-state index contributed by atoms with van der Waals surface area (Å²) in [5.41, 5.74) is 1.09. The van der Waals surface area contributed by atoms with Crippen LogP contribution in [0.5, 0.6) is 0 Å². The Bertz CT molecular complexity index is 536. The molecule has 0 atom stereocenters. The van der Waals surface area contributed by atoms with Crippen molar-refractivity contribution in [2.45, 2.75) is 26.3 Å². The first-order valence-electron chi connectivity index (χ1n) is 7.27. The first-order valence-corrected chi connectivity index (χ1v) is 8.15. The first kappa shape index (κ1) is 15.9. The predicted molar refractivity (Wildman–Crippen MR) is 85.1 cm³/mol. The first-order chi connectivity index (χ1) is 10.1. The van der Waals surface area contributed by atoms with Crippen LogP contribution < -0.4 is 0 Å². The van der Waals surface area contributed by atoms with Crippen LogP contribution in [0.15, 0.2) is 11.4 Å². The summed E-state index contributed by atoms with van der Waals surface area (Å²) in [6.07, 6.45) is 2.19. The molecule has 0 aromatic carbocycles. The van der Waals surface area contributed by atoms with Gasteiger partial charge < -0.3 is 14.9 Å². The van der Waals surface area contributed by atoms with Crippen molar-refractivity contribution in [1.29, 1.82) is 0 Å². The minimum absolute atomic E-state index is 0.107. The fourth-order valence-electron chi connectivity index (χ4n) is 2.43. The van der Waals surface area contributed by atoms with Crippen molar-refractivity contribution in [3.8, 4) is 11.8 Å². The lowest BCUT2D eigenvalue weighted by molar-refractivity contribution is 0.141. The number of piperidine rings is 1. The van der Waals surface area contributed by atoms with Gasteiger partial charge in [0.1, 0.15) is 6.61 Å². The number of hydrogen-bond acceptors (Lipinski definition) is 3. The van der Waals surface area contributed by atoms with E-state index in [2.05, 4.69) is 18.8 Å². The topological polar surface area (TPSA) is 43.8 Å². The predicted octanol–water partition coefficient (Wildman–Crippen LogP) is 2.38. The van der Waals surface area contributed by atoms with Crippen molar-refractivity contribution in [2.75, 3.05) is 26.7 Å². The normalized spacial score (nSPS) is 15.5. The Kier molecular flexibility index (Phi) is 5.66. The van der Waals surface area contributed by atoms with Gasteiger partial charge >= 0.3 is 6.03 Å². The monoisotopic (exact) mass is 306 g/mol. The van der Waals surface area contributed by atoms with Crippen molar-refractivity contribution in [2.24, 2.45) is 5.92 Å². The quantitative estimate of drug-likeness (QED) is 0.853. The molecule has 0 saturated carbocycles. The van der Waals surface area contributed by atoms with Gasteiger partial charge in [0.15, 0.2) is 0 Å². The van der Waals surface area contributed by atoms with Gasteiger partial charge in [0, 0.05) is 26.7 Å². The van der Waals surface area contributed by atoms with Crippen molar-refractivity contribution in [1.82, 2.24) is 9.80 Å². The molecule has 0 aliphatic carbocycles. The van der Waals surface area contributed by atoms with E-state index in [4.69, 9.17) is 5.11 Å². The molecule has 0 unspecified atom stereocenters. The summed E-state index contributed by atoms with van der Waals surface area (Å²) in [7, 11) is 1.84. The van der Waals surface area contributed by atoms with E-state index >= 15 is 0 Å². The zero-order valence-corrected chi connectivity index (χ0v) is 13.4. The molecule has 21 heavy (non-hydrogen) atoms. The largest absolute Gasteiger partial charge is 0.384 e. The Morgan fingerprint density at radius 1 is 1.52 bits per heavy atom. The zero-order chi connectivity index (χ0) is 15.2. The summed E-state index contributed by atoms with van der Waals surface area (Å²) in [4.78, 5) is 17.0. The van der Waals surface area contributed by atoms with Crippen LogP contribution in [0.1, 0.15) is 30.2 Å². The van der Waals surface area contributed by atoms with Gasteiger partial charge in [-0.05, 0) is 35.8 Å². The SMILES string of the molecule is CC1CCN(C(=O)N(C)Cc2csc(C#CCO)c2)CC1. The van der Waals surface area contributed by atoms with E-state index in [1.165, 1.54) is 0 Å². The zero-order valence-electron chi connectivity index (χ0n) is 12.6. The maximum absolute atomic E-state index is 12.4.